The maximum atomic E-state index is 13.0. The number of aliphatic hydroxyl groups is 1. The zero-order chi connectivity index (χ0) is 14.6. The fourth-order valence-corrected chi connectivity index (χ4v) is 1.17. The molecule has 0 fully saturated rings. The lowest BCUT2D eigenvalue weighted by atomic mass is 10.2. The van der Waals surface area contributed by atoms with Crippen LogP contribution in [0.1, 0.15) is 10.4 Å². The summed E-state index contributed by atoms with van der Waals surface area (Å²) in [5, 5.41) is 29.8. The summed E-state index contributed by atoms with van der Waals surface area (Å²) in [5.74, 6) is -3.47. The summed E-state index contributed by atoms with van der Waals surface area (Å²) in [6.45, 7) is -0.570. The Kier molecular flexibility index (Phi) is 4.48. The number of carbonyl (C=O) groups excluding carboxylic acids is 1. The van der Waals surface area contributed by atoms with E-state index in [0.717, 1.165) is 18.2 Å². The molecule has 0 bridgehead atoms. The Bertz CT molecular complexity index is 533. The molecular formula is C10H9FN2O6. The van der Waals surface area contributed by atoms with Gasteiger partial charge in [-0.05, 0) is 12.1 Å². The number of hydrogen-bond acceptors (Lipinski definition) is 5. The SMILES string of the molecule is O=C(NC[C@H](O)C(=O)O)c1ccc(F)c([N+](=O)[O-])c1. The van der Waals surface area contributed by atoms with E-state index in [0.29, 0.717) is 0 Å². The van der Waals surface area contributed by atoms with Crippen LogP contribution in [0.4, 0.5) is 10.1 Å². The molecule has 0 aliphatic carbocycles. The van der Waals surface area contributed by atoms with E-state index in [2.05, 4.69) is 5.32 Å². The van der Waals surface area contributed by atoms with Gasteiger partial charge in [-0.25, -0.2) is 4.79 Å². The first-order valence-electron chi connectivity index (χ1n) is 4.96. The Morgan fingerprint density at radius 1 is 1.47 bits per heavy atom. The molecule has 3 N–H and O–H groups in total. The average molecular weight is 272 g/mol. The van der Waals surface area contributed by atoms with Gasteiger partial charge in [0.1, 0.15) is 0 Å². The number of amides is 1. The van der Waals surface area contributed by atoms with Gasteiger partial charge in [0.2, 0.25) is 5.82 Å². The number of carbonyl (C=O) groups is 2. The Hall–Kier alpha value is -2.55. The molecule has 1 rings (SSSR count). The molecule has 0 aromatic heterocycles. The third kappa shape index (κ3) is 3.71. The molecule has 1 atom stereocenters. The topological polar surface area (TPSA) is 130 Å². The third-order valence-electron chi connectivity index (χ3n) is 2.15. The van der Waals surface area contributed by atoms with Gasteiger partial charge >= 0.3 is 11.7 Å². The van der Waals surface area contributed by atoms with E-state index >= 15 is 0 Å². The minimum Gasteiger partial charge on any atom is -0.479 e. The molecular weight excluding hydrogens is 263 g/mol. The van der Waals surface area contributed by atoms with Crippen molar-refractivity contribution in [3.8, 4) is 0 Å². The number of aliphatic carboxylic acids is 1. The number of nitrogens with one attached hydrogen (secondary N) is 1. The Morgan fingerprint density at radius 2 is 2.11 bits per heavy atom. The standard InChI is InChI=1S/C10H9FN2O6/c11-6-2-1-5(3-7(6)13(18)19)9(15)12-4-8(14)10(16)17/h1-3,8,14H,4H2,(H,12,15)(H,16,17)/t8-/m0/s1. The molecule has 1 amide bonds. The maximum Gasteiger partial charge on any atom is 0.334 e. The maximum absolute atomic E-state index is 13.0. The highest BCUT2D eigenvalue weighted by Crippen LogP contribution is 2.18. The van der Waals surface area contributed by atoms with Gasteiger partial charge in [-0.15, -0.1) is 0 Å². The minimum atomic E-state index is -1.79. The highest BCUT2D eigenvalue weighted by Gasteiger charge is 2.19. The van der Waals surface area contributed by atoms with Crippen LogP contribution in [-0.2, 0) is 4.79 Å². The summed E-state index contributed by atoms with van der Waals surface area (Å²) in [6, 6.07) is 2.48. The summed E-state index contributed by atoms with van der Waals surface area (Å²) in [5.41, 5.74) is -1.09. The predicted molar refractivity (Wildman–Crippen MR) is 59.0 cm³/mol. The molecule has 1 aromatic rings. The molecule has 0 saturated heterocycles. The molecule has 0 spiro atoms. The molecule has 0 radical (unpaired) electrons. The number of nitro benzene ring substituents is 1. The monoisotopic (exact) mass is 272 g/mol. The number of halogens is 1. The van der Waals surface area contributed by atoms with E-state index in [4.69, 9.17) is 10.2 Å². The predicted octanol–water partition coefficient (Wildman–Crippen LogP) is -0.0908. The highest BCUT2D eigenvalue weighted by atomic mass is 19.1. The van der Waals surface area contributed by atoms with Gasteiger partial charge in [-0.2, -0.15) is 4.39 Å². The summed E-state index contributed by atoms with van der Waals surface area (Å²) in [4.78, 5) is 31.3. The van der Waals surface area contributed by atoms with Crippen LogP contribution < -0.4 is 5.32 Å². The van der Waals surface area contributed by atoms with Crippen LogP contribution in [0.5, 0.6) is 0 Å². The largest absolute Gasteiger partial charge is 0.479 e. The van der Waals surface area contributed by atoms with E-state index in [1.807, 2.05) is 0 Å². The normalized spacial score (nSPS) is 11.7. The Labute approximate surface area is 105 Å². The smallest absolute Gasteiger partial charge is 0.334 e. The molecule has 1 aromatic carbocycles. The highest BCUT2D eigenvalue weighted by molar-refractivity contribution is 5.95. The molecule has 0 unspecified atom stereocenters. The minimum absolute atomic E-state index is 0.217. The van der Waals surface area contributed by atoms with Crippen LogP contribution in [0.15, 0.2) is 18.2 Å². The van der Waals surface area contributed by atoms with Crippen molar-refractivity contribution in [1.82, 2.24) is 5.32 Å². The lowest BCUT2D eigenvalue weighted by molar-refractivity contribution is -0.387. The van der Waals surface area contributed by atoms with Gasteiger partial charge in [0.15, 0.2) is 6.10 Å². The van der Waals surface area contributed by atoms with E-state index in [1.54, 1.807) is 0 Å². The zero-order valence-electron chi connectivity index (χ0n) is 9.37. The first-order valence-corrected chi connectivity index (χ1v) is 4.96. The van der Waals surface area contributed by atoms with Crippen LogP contribution in [0, 0.1) is 15.9 Å². The fraction of sp³-hybridized carbons (Fsp3) is 0.200. The lowest BCUT2D eigenvalue weighted by Gasteiger charge is -2.07. The molecule has 0 aliphatic rings. The summed E-state index contributed by atoms with van der Waals surface area (Å²) >= 11 is 0. The van der Waals surface area contributed by atoms with Gasteiger partial charge < -0.3 is 15.5 Å². The number of rotatable bonds is 5. The van der Waals surface area contributed by atoms with Crippen LogP contribution in [0.25, 0.3) is 0 Å². The number of benzene rings is 1. The van der Waals surface area contributed by atoms with Crippen molar-refractivity contribution >= 4 is 17.6 Å². The van der Waals surface area contributed by atoms with Crippen molar-refractivity contribution in [2.45, 2.75) is 6.10 Å². The van der Waals surface area contributed by atoms with Gasteiger partial charge in [0.25, 0.3) is 5.91 Å². The summed E-state index contributed by atoms with van der Waals surface area (Å²) in [6.07, 6.45) is -1.79. The second kappa shape index (κ2) is 5.87. The van der Waals surface area contributed by atoms with E-state index in [9.17, 15) is 24.1 Å². The second-order valence-electron chi connectivity index (χ2n) is 3.49. The van der Waals surface area contributed by atoms with Crippen molar-refractivity contribution in [1.29, 1.82) is 0 Å². The molecule has 0 aliphatic heterocycles. The number of carboxylic acid groups (broad SMARTS) is 1. The molecule has 0 saturated carbocycles. The molecule has 0 heterocycles. The van der Waals surface area contributed by atoms with E-state index < -0.39 is 41.0 Å². The fourth-order valence-electron chi connectivity index (χ4n) is 1.17. The van der Waals surface area contributed by atoms with E-state index in [1.165, 1.54) is 0 Å². The number of nitrogens with zero attached hydrogens (tertiary/aromatic N) is 1. The van der Waals surface area contributed by atoms with Crippen molar-refractivity contribution in [3.05, 3.63) is 39.7 Å². The van der Waals surface area contributed by atoms with Crippen LogP contribution in [0.3, 0.4) is 0 Å². The summed E-state index contributed by atoms with van der Waals surface area (Å²) in [7, 11) is 0. The van der Waals surface area contributed by atoms with Gasteiger partial charge in [0.05, 0.1) is 11.5 Å². The van der Waals surface area contributed by atoms with Crippen molar-refractivity contribution in [3.63, 3.8) is 0 Å². The third-order valence-corrected chi connectivity index (χ3v) is 2.15. The van der Waals surface area contributed by atoms with Gasteiger partial charge in [0, 0.05) is 11.6 Å². The Morgan fingerprint density at radius 3 is 2.63 bits per heavy atom. The number of carboxylic acids is 1. The van der Waals surface area contributed by atoms with Crippen molar-refractivity contribution in [2.24, 2.45) is 0 Å². The first kappa shape index (κ1) is 14.5. The molecule has 19 heavy (non-hydrogen) atoms. The van der Waals surface area contributed by atoms with Crippen molar-refractivity contribution in [2.75, 3.05) is 6.54 Å². The first-order chi connectivity index (χ1) is 8.82. The van der Waals surface area contributed by atoms with Crippen LogP contribution in [-0.4, -0.2) is 39.7 Å². The van der Waals surface area contributed by atoms with Crippen LogP contribution >= 0.6 is 0 Å². The lowest BCUT2D eigenvalue weighted by Crippen LogP contribution is -2.36. The average Bonchev–Trinajstić information content (AvgIpc) is 2.35. The summed E-state index contributed by atoms with van der Waals surface area (Å²) < 4.78 is 13.0. The molecule has 9 heteroatoms. The Balaban J connectivity index is 2.80. The van der Waals surface area contributed by atoms with E-state index in [-0.39, 0.29) is 5.56 Å². The molecule has 102 valence electrons. The van der Waals surface area contributed by atoms with Crippen LogP contribution in [0.2, 0.25) is 0 Å². The van der Waals surface area contributed by atoms with Gasteiger partial charge in [-0.3, -0.25) is 14.9 Å². The second-order valence-corrected chi connectivity index (χ2v) is 3.49. The number of hydrogen-bond donors (Lipinski definition) is 3. The van der Waals surface area contributed by atoms with Crippen molar-refractivity contribution < 1.29 is 29.1 Å². The molecule has 8 nitrogen and oxygen atoms in total. The quantitative estimate of drug-likeness (QED) is 0.507. The zero-order valence-corrected chi connectivity index (χ0v) is 9.37. The number of nitro groups is 1. The number of aliphatic hydroxyl groups excluding tert-OH is 1. The van der Waals surface area contributed by atoms with Gasteiger partial charge in [-0.1, -0.05) is 0 Å².